The number of aliphatic imine (C=N–C) groups is 1. The molecular formula is C14H27IN4O2S2. The molecular weight excluding hydrogens is 447 g/mol. The quantitative estimate of drug-likeness (QED) is 0.359. The van der Waals surface area contributed by atoms with Gasteiger partial charge in [-0.3, -0.25) is 4.99 Å². The third-order valence-electron chi connectivity index (χ3n) is 3.17. The Balaban J connectivity index is 0.00000484. The molecule has 0 aliphatic carbocycles. The molecule has 134 valence electrons. The molecule has 23 heavy (non-hydrogen) atoms. The Morgan fingerprint density at radius 2 is 2.04 bits per heavy atom. The Morgan fingerprint density at radius 1 is 1.39 bits per heavy atom. The van der Waals surface area contributed by atoms with E-state index in [0.29, 0.717) is 12.4 Å². The van der Waals surface area contributed by atoms with Gasteiger partial charge in [0.1, 0.15) is 9.84 Å². The van der Waals surface area contributed by atoms with Crippen molar-refractivity contribution < 1.29 is 8.42 Å². The van der Waals surface area contributed by atoms with E-state index in [1.807, 2.05) is 20.8 Å². The molecule has 0 fully saturated rings. The van der Waals surface area contributed by atoms with Crippen LogP contribution in [0, 0.1) is 13.8 Å². The fourth-order valence-electron chi connectivity index (χ4n) is 1.99. The van der Waals surface area contributed by atoms with E-state index in [2.05, 4.69) is 20.6 Å². The van der Waals surface area contributed by atoms with Gasteiger partial charge in [0.2, 0.25) is 0 Å². The molecule has 0 saturated carbocycles. The average molecular weight is 474 g/mol. The highest BCUT2D eigenvalue weighted by atomic mass is 127. The van der Waals surface area contributed by atoms with Gasteiger partial charge in [0, 0.05) is 37.2 Å². The number of nitrogens with zero attached hydrogens (tertiary/aromatic N) is 2. The van der Waals surface area contributed by atoms with Crippen molar-refractivity contribution in [1.82, 2.24) is 15.6 Å². The number of sulfone groups is 1. The molecule has 0 aliphatic rings. The Kier molecular flexibility index (Phi) is 10.3. The van der Waals surface area contributed by atoms with Gasteiger partial charge in [0.25, 0.3) is 0 Å². The number of guanidine groups is 1. The second kappa shape index (κ2) is 10.4. The first-order chi connectivity index (χ1) is 10.2. The van der Waals surface area contributed by atoms with Crippen LogP contribution in [0.2, 0.25) is 0 Å². The molecule has 1 unspecified atom stereocenters. The van der Waals surface area contributed by atoms with Gasteiger partial charge in [0.15, 0.2) is 5.96 Å². The predicted octanol–water partition coefficient (Wildman–Crippen LogP) is 1.91. The minimum atomic E-state index is -2.92. The number of hydrogen-bond acceptors (Lipinski definition) is 5. The number of aryl methyl sites for hydroxylation is 2. The lowest BCUT2D eigenvalue weighted by atomic mass is 10.2. The molecule has 1 aromatic rings. The molecule has 0 radical (unpaired) electrons. The number of rotatable bonds is 7. The monoisotopic (exact) mass is 474 g/mol. The van der Waals surface area contributed by atoms with Crippen LogP contribution in [-0.2, 0) is 16.3 Å². The van der Waals surface area contributed by atoms with Gasteiger partial charge in [-0.25, -0.2) is 13.4 Å². The third-order valence-corrected chi connectivity index (χ3v) is 5.28. The van der Waals surface area contributed by atoms with Gasteiger partial charge in [-0.05, 0) is 27.2 Å². The van der Waals surface area contributed by atoms with E-state index >= 15 is 0 Å². The van der Waals surface area contributed by atoms with Crippen LogP contribution in [0.3, 0.4) is 0 Å². The van der Waals surface area contributed by atoms with Crippen molar-refractivity contribution in [2.24, 2.45) is 4.99 Å². The maximum absolute atomic E-state index is 11.2. The summed E-state index contributed by atoms with van der Waals surface area (Å²) < 4.78 is 22.4. The van der Waals surface area contributed by atoms with Crippen LogP contribution < -0.4 is 10.6 Å². The van der Waals surface area contributed by atoms with E-state index < -0.39 is 9.84 Å². The molecule has 1 aromatic heterocycles. The van der Waals surface area contributed by atoms with Gasteiger partial charge in [-0.1, -0.05) is 0 Å². The largest absolute Gasteiger partial charge is 0.356 e. The zero-order valence-corrected chi connectivity index (χ0v) is 18.3. The van der Waals surface area contributed by atoms with Crippen molar-refractivity contribution in [1.29, 1.82) is 0 Å². The highest BCUT2D eigenvalue weighted by Gasteiger charge is 2.10. The summed E-state index contributed by atoms with van der Waals surface area (Å²) in [6.07, 6.45) is 2.72. The maximum Gasteiger partial charge on any atom is 0.191 e. The summed E-state index contributed by atoms with van der Waals surface area (Å²) in [7, 11) is -1.21. The van der Waals surface area contributed by atoms with Gasteiger partial charge in [-0.15, -0.1) is 35.3 Å². The molecule has 2 N–H and O–H groups in total. The smallest absolute Gasteiger partial charge is 0.191 e. The molecule has 0 aromatic carbocycles. The van der Waals surface area contributed by atoms with Crippen LogP contribution in [0.1, 0.15) is 28.9 Å². The molecule has 1 rings (SSSR count). The zero-order valence-electron chi connectivity index (χ0n) is 14.3. The summed E-state index contributed by atoms with van der Waals surface area (Å²) >= 11 is 1.72. The zero-order chi connectivity index (χ0) is 16.8. The van der Waals surface area contributed by atoms with Gasteiger partial charge >= 0.3 is 0 Å². The van der Waals surface area contributed by atoms with E-state index in [9.17, 15) is 8.42 Å². The third kappa shape index (κ3) is 9.46. The van der Waals surface area contributed by atoms with Crippen molar-refractivity contribution in [2.75, 3.05) is 25.6 Å². The second-order valence-electron chi connectivity index (χ2n) is 5.45. The van der Waals surface area contributed by atoms with Crippen LogP contribution in [0.15, 0.2) is 4.99 Å². The molecule has 9 heteroatoms. The fourth-order valence-corrected chi connectivity index (χ4v) is 3.71. The lowest BCUT2D eigenvalue weighted by molar-refractivity contribution is 0.581. The summed E-state index contributed by atoms with van der Waals surface area (Å²) in [6, 6.07) is 0.0494. The van der Waals surface area contributed by atoms with E-state index in [-0.39, 0.29) is 35.8 Å². The number of nitrogens with one attached hydrogen (secondary N) is 2. The topological polar surface area (TPSA) is 83.4 Å². The Bertz CT molecular complexity index is 614. The number of thiazole rings is 1. The molecule has 0 saturated heterocycles. The van der Waals surface area contributed by atoms with Gasteiger partial charge in [0.05, 0.1) is 16.5 Å². The molecule has 0 amide bonds. The van der Waals surface area contributed by atoms with Crippen LogP contribution in [0.5, 0.6) is 0 Å². The summed E-state index contributed by atoms with van der Waals surface area (Å²) in [4.78, 5) is 9.86. The first-order valence-electron chi connectivity index (χ1n) is 7.29. The summed E-state index contributed by atoms with van der Waals surface area (Å²) in [5.74, 6) is 0.872. The van der Waals surface area contributed by atoms with E-state index in [1.165, 1.54) is 11.1 Å². The van der Waals surface area contributed by atoms with E-state index in [1.54, 1.807) is 18.4 Å². The first-order valence-corrected chi connectivity index (χ1v) is 10.2. The van der Waals surface area contributed by atoms with Crippen LogP contribution in [0.25, 0.3) is 0 Å². The maximum atomic E-state index is 11.2. The molecule has 0 bridgehead atoms. The van der Waals surface area contributed by atoms with Crippen LogP contribution in [0.4, 0.5) is 0 Å². The Morgan fingerprint density at radius 3 is 2.52 bits per heavy atom. The standard InChI is InChI=1S/C14H26N4O2S2.HI/c1-10(7-9-22(5,19)20)17-14(15-4)16-8-6-13-11(2)18-12(3)21-13;/h10H,6-9H2,1-5H3,(H2,15,16,17);1H. The first kappa shape index (κ1) is 22.6. The second-order valence-corrected chi connectivity index (χ2v) is 9.00. The highest BCUT2D eigenvalue weighted by Crippen LogP contribution is 2.16. The van der Waals surface area contributed by atoms with Gasteiger partial charge < -0.3 is 10.6 Å². The number of halogens is 1. The van der Waals surface area contributed by atoms with Crippen LogP contribution >= 0.6 is 35.3 Å². The number of hydrogen-bond donors (Lipinski definition) is 2. The minimum absolute atomic E-state index is 0. The summed E-state index contributed by atoms with van der Waals surface area (Å²) in [6.45, 7) is 6.76. The lowest BCUT2D eigenvalue weighted by Crippen LogP contribution is -2.43. The summed E-state index contributed by atoms with van der Waals surface area (Å²) in [5, 5.41) is 7.55. The normalized spacial score (nSPS) is 13.3. The van der Waals surface area contributed by atoms with Gasteiger partial charge in [-0.2, -0.15) is 0 Å². The molecule has 1 atom stereocenters. The van der Waals surface area contributed by atoms with Crippen molar-refractivity contribution >= 4 is 51.1 Å². The fraction of sp³-hybridized carbons (Fsp3) is 0.714. The Labute approximate surface area is 160 Å². The van der Waals surface area contributed by atoms with Crippen molar-refractivity contribution in [3.8, 4) is 0 Å². The molecule has 0 aliphatic heterocycles. The molecule has 1 heterocycles. The summed E-state index contributed by atoms with van der Waals surface area (Å²) in [5.41, 5.74) is 1.09. The van der Waals surface area contributed by atoms with E-state index in [4.69, 9.17) is 0 Å². The van der Waals surface area contributed by atoms with Crippen molar-refractivity contribution in [3.05, 3.63) is 15.6 Å². The lowest BCUT2D eigenvalue weighted by Gasteiger charge is -2.17. The van der Waals surface area contributed by atoms with Crippen LogP contribution in [-0.4, -0.2) is 51.0 Å². The Hall–Kier alpha value is -0.420. The molecule has 0 spiro atoms. The SMILES string of the molecule is CN=C(NCCc1sc(C)nc1C)NC(C)CCS(C)(=O)=O.I. The van der Waals surface area contributed by atoms with Crippen molar-refractivity contribution in [2.45, 2.75) is 39.7 Å². The van der Waals surface area contributed by atoms with E-state index in [0.717, 1.165) is 23.7 Å². The number of aromatic nitrogens is 1. The predicted molar refractivity (Wildman–Crippen MR) is 109 cm³/mol. The minimum Gasteiger partial charge on any atom is -0.356 e. The van der Waals surface area contributed by atoms with Crippen molar-refractivity contribution in [3.63, 3.8) is 0 Å². The highest BCUT2D eigenvalue weighted by molar-refractivity contribution is 14.0. The molecule has 6 nitrogen and oxygen atoms in total. The average Bonchev–Trinajstić information content (AvgIpc) is 2.73.